The van der Waals surface area contributed by atoms with Crippen molar-refractivity contribution in [2.24, 2.45) is 0 Å². The first-order valence-electron chi connectivity index (χ1n) is 4.08. The van der Waals surface area contributed by atoms with E-state index in [0.717, 1.165) is 19.5 Å². The number of hydrogen-bond donors (Lipinski definition) is 0. The minimum absolute atomic E-state index is 0.211. The second-order valence-corrected chi connectivity index (χ2v) is 2.64. The SMILES string of the molecule is CCN(C)C(C)N(C=O)CC. The van der Waals surface area contributed by atoms with Gasteiger partial charge in [0, 0.05) is 6.54 Å². The first-order chi connectivity index (χ1) is 5.17. The number of rotatable bonds is 5. The number of hydrogen-bond acceptors (Lipinski definition) is 2. The third-order valence-corrected chi connectivity index (χ3v) is 2.12. The summed E-state index contributed by atoms with van der Waals surface area (Å²) >= 11 is 0. The Bertz CT molecular complexity index is 117. The van der Waals surface area contributed by atoms with E-state index in [1.807, 2.05) is 20.9 Å². The lowest BCUT2D eigenvalue weighted by atomic mass is 10.4. The molecule has 1 unspecified atom stereocenters. The van der Waals surface area contributed by atoms with Crippen LogP contribution in [0.15, 0.2) is 0 Å². The summed E-state index contributed by atoms with van der Waals surface area (Å²) in [6.07, 6.45) is 1.11. The van der Waals surface area contributed by atoms with Gasteiger partial charge in [-0.2, -0.15) is 0 Å². The molecule has 0 heterocycles. The first-order valence-corrected chi connectivity index (χ1v) is 4.08. The summed E-state index contributed by atoms with van der Waals surface area (Å²) in [5.41, 5.74) is 0. The predicted molar refractivity (Wildman–Crippen MR) is 46.2 cm³/mol. The summed E-state index contributed by atoms with van der Waals surface area (Å²) in [7, 11) is 2.01. The first kappa shape index (κ1) is 10.4. The van der Waals surface area contributed by atoms with Gasteiger partial charge in [-0.3, -0.25) is 9.69 Å². The van der Waals surface area contributed by atoms with E-state index in [1.54, 1.807) is 4.90 Å². The van der Waals surface area contributed by atoms with E-state index < -0.39 is 0 Å². The van der Waals surface area contributed by atoms with Crippen LogP contribution in [-0.4, -0.2) is 42.5 Å². The van der Waals surface area contributed by atoms with Gasteiger partial charge >= 0.3 is 0 Å². The maximum absolute atomic E-state index is 10.5. The van der Waals surface area contributed by atoms with E-state index in [9.17, 15) is 4.79 Å². The Labute approximate surface area is 69.0 Å². The lowest BCUT2D eigenvalue weighted by Gasteiger charge is -2.31. The Morgan fingerprint density at radius 3 is 2.18 bits per heavy atom. The van der Waals surface area contributed by atoms with Crippen LogP contribution in [0.2, 0.25) is 0 Å². The zero-order chi connectivity index (χ0) is 8.85. The Hall–Kier alpha value is -0.570. The van der Waals surface area contributed by atoms with Gasteiger partial charge in [-0.25, -0.2) is 0 Å². The highest BCUT2D eigenvalue weighted by atomic mass is 16.1. The smallest absolute Gasteiger partial charge is 0.210 e. The highest BCUT2D eigenvalue weighted by Gasteiger charge is 2.12. The molecule has 0 aromatic carbocycles. The van der Waals surface area contributed by atoms with E-state index in [0.29, 0.717) is 0 Å². The molecule has 1 atom stereocenters. The summed E-state index contributed by atoms with van der Waals surface area (Å²) in [5, 5.41) is 0. The lowest BCUT2D eigenvalue weighted by Crippen LogP contribution is -2.43. The third kappa shape index (κ3) is 2.89. The molecule has 0 aromatic heterocycles. The molecule has 0 aromatic rings. The average Bonchev–Trinajstić information content (AvgIpc) is 2.05. The van der Waals surface area contributed by atoms with Crippen molar-refractivity contribution in [3.8, 4) is 0 Å². The Balaban J connectivity index is 3.96. The van der Waals surface area contributed by atoms with E-state index >= 15 is 0 Å². The maximum atomic E-state index is 10.5. The predicted octanol–water partition coefficient (Wildman–Crippen LogP) is 0.762. The third-order valence-electron chi connectivity index (χ3n) is 2.12. The van der Waals surface area contributed by atoms with Gasteiger partial charge in [-0.15, -0.1) is 0 Å². The normalized spacial score (nSPS) is 13.2. The van der Waals surface area contributed by atoms with E-state index in [-0.39, 0.29) is 6.17 Å². The summed E-state index contributed by atoms with van der Waals surface area (Å²) in [6, 6.07) is 0. The van der Waals surface area contributed by atoms with Gasteiger partial charge in [-0.05, 0) is 27.4 Å². The van der Waals surface area contributed by atoms with E-state index in [2.05, 4.69) is 11.8 Å². The molecule has 0 bridgehead atoms. The highest BCUT2D eigenvalue weighted by Crippen LogP contribution is 1.99. The standard InChI is InChI=1S/C8H18N2O/c1-5-9(4)8(3)10(6-2)7-11/h7-8H,5-6H2,1-4H3. The van der Waals surface area contributed by atoms with E-state index in [1.165, 1.54) is 0 Å². The number of carbonyl (C=O) groups is 1. The fourth-order valence-corrected chi connectivity index (χ4v) is 0.944. The Kier molecular flexibility index (Phi) is 4.86. The van der Waals surface area contributed by atoms with Crippen molar-refractivity contribution in [2.45, 2.75) is 26.9 Å². The molecule has 0 aliphatic heterocycles. The molecule has 0 spiro atoms. The van der Waals surface area contributed by atoms with Crippen molar-refractivity contribution in [1.29, 1.82) is 0 Å². The molecule has 3 heteroatoms. The van der Waals surface area contributed by atoms with Crippen molar-refractivity contribution < 1.29 is 4.79 Å². The number of amides is 1. The maximum Gasteiger partial charge on any atom is 0.210 e. The van der Waals surface area contributed by atoms with Gasteiger partial charge in [0.05, 0.1) is 6.17 Å². The summed E-state index contributed by atoms with van der Waals surface area (Å²) in [4.78, 5) is 14.4. The molecule has 0 saturated heterocycles. The quantitative estimate of drug-likeness (QED) is 0.435. The second kappa shape index (κ2) is 5.13. The van der Waals surface area contributed by atoms with Crippen molar-refractivity contribution in [3.05, 3.63) is 0 Å². The van der Waals surface area contributed by atoms with Gasteiger partial charge in [-0.1, -0.05) is 6.92 Å². The molecular weight excluding hydrogens is 140 g/mol. The molecule has 0 saturated carbocycles. The summed E-state index contributed by atoms with van der Waals surface area (Å²) in [5.74, 6) is 0. The van der Waals surface area contributed by atoms with Crippen molar-refractivity contribution in [3.63, 3.8) is 0 Å². The molecule has 3 nitrogen and oxygen atoms in total. The van der Waals surface area contributed by atoms with Gasteiger partial charge in [0.25, 0.3) is 0 Å². The minimum atomic E-state index is 0.211. The Morgan fingerprint density at radius 1 is 1.36 bits per heavy atom. The van der Waals surface area contributed by atoms with Gasteiger partial charge in [0.15, 0.2) is 0 Å². The van der Waals surface area contributed by atoms with Crippen LogP contribution in [0.3, 0.4) is 0 Å². The monoisotopic (exact) mass is 158 g/mol. The molecule has 11 heavy (non-hydrogen) atoms. The topological polar surface area (TPSA) is 23.6 Å². The minimum Gasteiger partial charge on any atom is -0.330 e. The van der Waals surface area contributed by atoms with Gasteiger partial charge in [0.1, 0.15) is 0 Å². The number of carbonyl (C=O) groups excluding carboxylic acids is 1. The van der Waals surface area contributed by atoms with Crippen LogP contribution >= 0.6 is 0 Å². The van der Waals surface area contributed by atoms with Crippen molar-refractivity contribution >= 4 is 6.41 Å². The van der Waals surface area contributed by atoms with Crippen LogP contribution < -0.4 is 0 Å². The van der Waals surface area contributed by atoms with Crippen molar-refractivity contribution in [2.75, 3.05) is 20.1 Å². The Morgan fingerprint density at radius 2 is 1.91 bits per heavy atom. The fraction of sp³-hybridized carbons (Fsp3) is 0.875. The van der Waals surface area contributed by atoms with Crippen LogP contribution in [0.5, 0.6) is 0 Å². The summed E-state index contributed by atoms with van der Waals surface area (Å²) in [6.45, 7) is 7.82. The van der Waals surface area contributed by atoms with Crippen molar-refractivity contribution in [1.82, 2.24) is 9.80 Å². The molecule has 0 N–H and O–H groups in total. The van der Waals surface area contributed by atoms with Crippen LogP contribution in [0.1, 0.15) is 20.8 Å². The zero-order valence-corrected chi connectivity index (χ0v) is 7.87. The molecule has 0 aliphatic rings. The zero-order valence-electron chi connectivity index (χ0n) is 7.87. The number of nitrogens with zero attached hydrogens (tertiary/aromatic N) is 2. The molecule has 0 rings (SSSR count). The molecule has 1 amide bonds. The van der Waals surface area contributed by atoms with Crippen LogP contribution in [0.25, 0.3) is 0 Å². The molecular formula is C8H18N2O. The largest absolute Gasteiger partial charge is 0.330 e. The van der Waals surface area contributed by atoms with Crippen LogP contribution in [0, 0.1) is 0 Å². The molecule has 0 fully saturated rings. The molecule has 66 valence electrons. The van der Waals surface area contributed by atoms with Crippen LogP contribution in [0.4, 0.5) is 0 Å². The molecule has 0 radical (unpaired) electrons. The van der Waals surface area contributed by atoms with Gasteiger partial charge in [0.2, 0.25) is 6.41 Å². The van der Waals surface area contributed by atoms with Crippen LogP contribution in [-0.2, 0) is 4.79 Å². The average molecular weight is 158 g/mol. The highest BCUT2D eigenvalue weighted by molar-refractivity contribution is 5.47. The fourth-order valence-electron chi connectivity index (χ4n) is 0.944. The van der Waals surface area contributed by atoms with Gasteiger partial charge < -0.3 is 4.90 Å². The molecule has 0 aliphatic carbocycles. The second-order valence-electron chi connectivity index (χ2n) is 2.64. The summed E-state index contributed by atoms with van der Waals surface area (Å²) < 4.78 is 0. The van der Waals surface area contributed by atoms with E-state index in [4.69, 9.17) is 0 Å². The lowest BCUT2D eigenvalue weighted by molar-refractivity contribution is -0.122.